The van der Waals surface area contributed by atoms with Gasteiger partial charge in [0.05, 0.1) is 12.8 Å². The number of hydrogen-bond donors (Lipinski definition) is 2. The number of amides is 1. The van der Waals surface area contributed by atoms with Crippen molar-refractivity contribution in [2.75, 3.05) is 0 Å². The molecule has 0 radical (unpaired) electrons. The molecule has 1 amide bonds. The Morgan fingerprint density at radius 1 is 0.885 bits per heavy atom. The largest absolute Gasteiger partial charge is 0.481 e. The number of carboxylic acid groups (broad SMARTS) is 1. The monoisotopic (exact) mass is 716 g/mol. The Balaban J connectivity index is 1.21. The average molecular weight is 716 g/mol. The summed E-state index contributed by atoms with van der Waals surface area (Å²) in [7, 11) is 0. The molecule has 288 valence electrons. The van der Waals surface area contributed by atoms with E-state index < -0.39 is 11.4 Å². The van der Waals surface area contributed by atoms with Crippen LogP contribution in [0, 0.1) is 69.0 Å². The summed E-state index contributed by atoms with van der Waals surface area (Å²) in [5, 5.41) is 12.7. The van der Waals surface area contributed by atoms with Gasteiger partial charge in [-0.2, -0.15) is 0 Å². The first-order valence-corrected chi connectivity index (χ1v) is 20.6. The highest BCUT2D eigenvalue weighted by Crippen LogP contribution is 2.78. The van der Waals surface area contributed by atoms with Gasteiger partial charge in [0.25, 0.3) is 0 Å². The molecule has 0 saturated heterocycles. The number of esters is 1. The molecule has 2 N–H and O–H groups in total. The number of nitrogens with one attached hydrogen (secondary N) is 1. The minimum absolute atomic E-state index is 0.0386. The smallest absolute Gasteiger partial charge is 0.306 e. The highest BCUT2D eigenvalue weighted by atomic mass is 16.5. The van der Waals surface area contributed by atoms with E-state index in [0.29, 0.717) is 42.6 Å². The van der Waals surface area contributed by atoms with E-state index in [1.54, 1.807) is 0 Å². The second-order valence-corrected chi connectivity index (χ2v) is 20.7. The molecule has 0 aliphatic heterocycles. The molecule has 0 unspecified atom stereocenters. The SMILES string of the molecule is C=C(C)[C@@H]1CC[C@]2(CC(=O)NCc3ccccc3C)CC[C@]3(C)[C@H](CC[C@@H]4[C@@]5(C)CC[C@H](OC(=O)CC(C)(C)CC(=O)O)C(C)(C)[C@@H]5CC[C@]43C)[C@@H]12. The van der Waals surface area contributed by atoms with Crippen molar-refractivity contribution in [2.24, 2.45) is 62.1 Å². The van der Waals surface area contributed by atoms with Gasteiger partial charge in [-0.05, 0) is 146 Å². The van der Waals surface area contributed by atoms with Gasteiger partial charge in [-0.1, -0.05) is 84.9 Å². The third-order valence-electron chi connectivity index (χ3n) is 17.0. The van der Waals surface area contributed by atoms with Crippen molar-refractivity contribution < 1.29 is 24.2 Å². The fourth-order valence-electron chi connectivity index (χ4n) is 14.2. The van der Waals surface area contributed by atoms with E-state index in [0.717, 1.165) is 38.5 Å². The van der Waals surface area contributed by atoms with Crippen LogP contribution >= 0.6 is 0 Å². The summed E-state index contributed by atoms with van der Waals surface area (Å²) in [6.45, 7) is 25.7. The number of fused-ring (bicyclic) bond motifs is 7. The van der Waals surface area contributed by atoms with Crippen LogP contribution in [0.4, 0.5) is 0 Å². The number of rotatable bonds is 10. The van der Waals surface area contributed by atoms with Crippen molar-refractivity contribution in [3.63, 3.8) is 0 Å². The van der Waals surface area contributed by atoms with E-state index in [1.807, 2.05) is 13.8 Å². The van der Waals surface area contributed by atoms with Crippen LogP contribution < -0.4 is 5.32 Å². The Morgan fingerprint density at radius 2 is 1.60 bits per heavy atom. The molecule has 5 fully saturated rings. The molecular formula is C46H69NO5. The average Bonchev–Trinajstić information content (AvgIpc) is 3.41. The zero-order chi connectivity index (χ0) is 38.1. The van der Waals surface area contributed by atoms with Crippen molar-refractivity contribution >= 4 is 17.8 Å². The topological polar surface area (TPSA) is 92.7 Å². The van der Waals surface area contributed by atoms with E-state index in [1.165, 1.54) is 42.4 Å². The lowest BCUT2D eigenvalue weighted by atomic mass is 9.32. The summed E-state index contributed by atoms with van der Waals surface area (Å²) < 4.78 is 6.28. The number of carboxylic acids is 1. The molecule has 0 spiro atoms. The number of allylic oxidation sites excluding steroid dienone is 1. The van der Waals surface area contributed by atoms with Crippen molar-refractivity contribution in [3.05, 3.63) is 47.5 Å². The van der Waals surface area contributed by atoms with Crippen LogP contribution in [-0.4, -0.2) is 29.1 Å². The Morgan fingerprint density at radius 3 is 2.27 bits per heavy atom. The molecule has 5 aliphatic carbocycles. The van der Waals surface area contributed by atoms with Crippen LogP contribution in [0.1, 0.15) is 150 Å². The van der Waals surface area contributed by atoms with Crippen molar-refractivity contribution in [3.8, 4) is 0 Å². The standard InChI is InChI=1S/C46H69NO5/c1-29(2)32-17-22-46(25-37(48)47-28-31-14-12-11-13-30(31)3)24-23-44(9)33(40(32)46)15-16-35-43(8)20-19-36(42(6,7)34(43)18-21-45(35,44)10)52-39(51)27-41(4,5)26-38(49)50/h11-14,32-36,40H,1,15-28H2,2-10H3,(H,47,48)(H,49,50)/t32-,33+,34-,35+,36-,40+,43-,44+,45+,46+/m0/s1. The van der Waals surface area contributed by atoms with Gasteiger partial charge in [0.1, 0.15) is 6.10 Å². The van der Waals surface area contributed by atoms with Crippen molar-refractivity contribution in [1.29, 1.82) is 0 Å². The number of hydrogen-bond acceptors (Lipinski definition) is 4. The summed E-state index contributed by atoms with van der Waals surface area (Å²) in [6.07, 6.45) is 11.8. The maximum atomic E-state index is 13.8. The number of ether oxygens (including phenoxy) is 1. The zero-order valence-corrected chi connectivity index (χ0v) is 34.0. The van der Waals surface area contributed by atoms with Gasteiger partial charge < -0.3 is 15.2 Å². The first kappa shape index (κ1) is 39.1. The van der Waals surface area contributed by atoms with Crippen LogP contribution in [0.2, 0.25) is 0 Å². The highest BCUT2D eigenvalue weighted by molar-refractivity contribution is 5.77. The maximum Gasteiger partial charge on any atom is 0.306 e. The first-order chi connectivity index (χ1) is 24.2. The lowest BCUT2D eigenvalue weighted by Gasteiger charge is -2.73. The lowest BCUT2D eigenvalue weighted by molar-refractivity contribution is -0.250. The van der Waals surface area contributed by atoms with Gasteiger partial charge in [-0.15, -0.1) is 0 Å². The Bertz CT molecular complexity index is 1580. The molecule has 6 rings (SSSR count). The van der Waals surface area contributed by atoms with E-state index >= 15 is 0 Å². The van der Waals surface area contributed by atoms with Gasteiger partial charge in [0, 0.05) is 18.4 Å². The van der Waals surface area contributed by atoms with Crippen molar-refractivity contribution in [1.82, 2.24) is 5.32 Å². The number of carbonyl (C=O) groups is 3. The quantitative estimate of drug-likeness (QED) is 0.186. The molecule has 5 saturated carbocycles. The van der Waals surface area contributed by atoms with E-state index in [-0.39, 0.29) is 57.9 Å². The van der Waals surface area contributed by atoms with E-state index in [2.05, 4.69) is 84.6 Å². The third-order valence-corrected chi connectivity index (χ3v) is 17.0. The fourth-order valence-corrected chi connectivity index (χ4v) is 14.2. The van der Waals surface area contributed by atoms with Crippen LogP contribution in [-0.2, 0) is 25.7 Å². The van der Waals surface area contributed by atoms with E-state index in [9.17, 15) is 19.5 Å². The first-order valence-electron chi connectivity index (χ1n) is 20.6. The second-order valence-electron chi connectivity index (χ2n) is 20.7. The van der Waals surface area contributed by atoms with Gasteiger partial charge in [-0.3, -0.25) is 14.4 Å². The van der Waals surface area contributed by atoms with Gasteiger partial charge in [0.15, 0.2) is 0 Å². The number of aryl methyl sites for hydroxylation is 1. The number of benzene rings is 1. The van der Waals surface area contributed by atoms with Crippen LogP contribution in [0.15, 0.2) is 36.4 Å². The maximum absolute atomic E-state index is 13.8. The summed E-state index contributed by atoms with van der Waals surface area (Å²) in [5.74, 6) is 1.66. The fraction of sp³-hybridized carbons (Fsp3) is 0.761. The number of aliphatic carboxylic acids is 1. The molecule has 6 heteroatoms. The molecule has 6 nitrogen and oxygen atoms in total. The summed E-state index contributed by atoms with van der Waals surface area (Å²) in [4.78, 5) is 38.5. The second kappa shape index (κ2) is 13.6. The van der Waals surface area contributed by atoms with Gasteiger partial charge in [-0.25, -0.2) is 0 Å². The molecule has 10 atom stereocenters. The van der Waals surface area contributed by atoms with Crippen LogP contribution in [0.25, 0.3) is 0 Å². The minimum atomic E-state index is -0.883. The predicted octanol–water partition coefficient (Wildman–Crippen LogP) is 10.5. The normalized spacial score (nSPS) is 39.2. The number of carbonyl (C=O) groups excluding carboxylic acids is 2. The Hall–Kier alpha value is -2.63. The highest BCUT2D eigenvalue weighted by Gasteiger charge is 2.71. The molecule has 1 aromatic carbocycles. The van der Waals surface area contributed by atoms with Crippen LogP contribution in [0.3, 0.4) is 0 Å². The molecular weight excluding hydrogens is 647 g/mol. The minimum Gasteiger partial charge on any atom is -0.481 e. The molecule has 0 bridgehead atoms. The van der Waals surface area contributed by atoms with E-state index in [4.69, 9.17) is 4.74 Å². The lowest BCUT2D eigenvalue weighted by Crippen LogP contribution is -2.67. The molecule has 52 heavy (non-hydrogen) atoms. The predicted molar refractivity (Wildman–Crippen MR) is 207 cm³/mol. The van der Waals surface area contributed by atoms with Gasteiger partial charge >= 0.3 is 11.9 Å². The summed E-state index contributed by atoms with van der Waals surface area (Å²) >= 11 is 0. The summed E-state index contributed by atoms with van der Waals surface area (Å²) in [5.41, 5.74) is 3.50. The molecule has 5 aliphatic rings. The molecule has 0 heterocycles. The summed E-state index contributed by atoms with van der Waals surface area (Å²) in [6, 6.07) is 8.35. The Labute approximate surface area is 314 Å². The molecule has 0 aromatic heterocycles. The van der Waals surface area contributed by atoms with Crippen molar-refractivity contribution in [2.45, 2.75) is 158 Å². The zero-order valence-electron chi connectivity index (χ0n) is 34.0. The Kier molecular flexibility index (Phi) is 10.2. The molecule has 1 aromatic rings. The third kappa shape index (κ3) is 6.48. The van der Waals surface area contributed by atoms with Crippen LogP contribution in [0.5, 0.6) is 0 Å². The van der Waals surface area contributed by atoms with Gasteiger partial charge in [0.2, 0.25) is 5.91 Å².